The molecule has 512 valence electrons. The molecule has 0 spiro atoms. The summed E-state index contributed by atoms with van der Waals surface area (Å²) in [7, 11) is 0. The van der Waals surface area contributed by atoms with E-state index in [1.165, 1.54) is 96.3 Å². The van der Waals surface area contributed by atoms with Crippen LogP contribution < -0.4 is 0 Å². The first-order valence-corrected chi connectivity index (χ1v) is 36.9. The number of unbranched alkanes of at least 4 members (excludes halogenated alkanes) is 19. The van der Waals surface area contributed by atoms with Crippen LogP contribution in [-0.2, 0) is 19.1 Å². The minimum absolute atomic E-state index is 0.0962. The average Bonchev–Trinajstić information content (AvgIpc) is 3.75. The van der Waals surface area contributed by atoms with Crippen molar-refractivity contribution in [2.45, 2.75) is 290 Å². The van der Waals surface area contributed by atoms with E-state index in [0.717, 1.165) is 154 Å². The van der Waals surface area contributed by atoms with Gasteiger partial charge >= 0.3 is 11.9 Å². The smallest absolute Gasteiger partial charge is 0.306 e. The molecular weight excluding hydrogens is 1120 g/mol. The zero-order valence-electron chi connectivity index (χ0n) is 58.7. The van der Waals surface area contributed by atoms with Crippen LogP contribution in [0, 0.1) is 0 Å². The molecule has 0 aromatic rings. The zero-order valence-corrected chi connectivity index (χ0v) is 58.7. The van der Waals surface area contributed by atoms with Crippen LogP contribution in [0.15, 0.2) is 231 Å². The predicted octanol–water partition coefficient (Wildman–Crippen LogP) is 26.4. The Morgan fingerprint density at radius 1 is 0.250 bits per heavy atom. The highest BCUT2D eigenvalue weighted by molar-refractivity contribution is 5.70. The highest BCUT2D eigenvalue weighted by Gasteiger charge is 2.16. The number of hydrogen-bond donors (Lipinski definition) is 1. The molecule has 5 heteroatoms. The lowest BCUT2D eigenvalue weighted by Gasteiger charge is -2.15. The lowest BCUT2D eigenvalue weighted by molar-refractivity contribution is -0.161. The molecule has 0 aliphatic heterocycles. The molecule has 1 atom stereocenters. The lowest BCUT2D eigenvalue weighted by Crippen LogP contribution is -2.28. The second-order valence-electron chi connectivity index (χ2n) is 23.6. The summed E-state index contributed by atoms with van der Waals surface area (Å²) in [5.74, 6) is -0.652. The lowest BCUT2D eigenvalue weighted by atomic mass is 10.0. The number of rotatable bonds is 65. The fourth-order valence-corrected chi connectivity index (χ4v) is 9.52. The van der Waals surface area contributed by atoms with E-state index in [1.54, 1.807) is 0 Å². The number of allylic oxidation sites excluding steroid dienone is 38. The van der Waals surface area contributed by atoms with E-state index in [-0.39, 0.29) is 31.6 Å². The third-order valence-corrected chi connectivity index (χ3v) is 15.0. The molecule has 0 aromatic heterocycles. The summed E-state index contributed by atoms with van der Waals surface area (Å²) in [4.78, 5) is 24.7. The van der Waals surface area contributed by atoms with Gasteiger partial charge in [0.15, 0.2) is 6.10 Å². The SMILES string of the molecule is CC/C=C\C/C=C\C/C=C\C/C=C\C/C=C\C/C=C\C/C=C\C/C=C\C/C=C\C/C=C\C/C=C\C/C=C\CCCCC(=O)OC(CO)COC(=O)CCCCCCCCCCCCCCCCCCC/C=C\C/C=C\C/C=C\C/C=C\C/C=C\C/C=C\C/C=C\CC. The van der Waals surface area contributed by atoms with Crippen molar-refractivity contribution in [3.8, 4) is 0 Å². The van der Waals surface area contributed by atoms with Gasteiger partial charge in [0, 0.05) is 12.8 Å². The second-order valence-corrected chi connectivity index (χ2v) is 23.6. The molecule has 0 aromatic carbocycles. The number of hydrogen-bond acceptors (Lipinski definition) is 5. The molecule has 0 radical (unpaired) electrons. The fraction of sp³-hybridized carbons (Fsp3) is 0.540. The fourth-order valence-electron chi connectivity index (χ4n) is 9.52. The molecule has 0 fully saturated rings. The number of carbonyl (C=O) groups is 2. The van der Waals surface area contributed by atoms with Crippen molar-refractivity contribution in [2.24, 2.45) is 0 Å². The Bertz CT molecular complexity index is 2220. The standard InChI is InChI=1S/C87H134O5/c1-3-5-7-9-11-13-15-17-19-21-23-25-27-29-31-33-35-37-39-41-43-45-47-49-51-53-55-57-59-61-63-65-67-69-71-73-75-77-79-81-86(89)91-84-85(83-88)92-87(90)82-80-78-76-74-72-70-68-66-64-62-60-58-56-54-52-50-48-46-44-42-40-38-36-34-32-30-28-26-24-22-20-18-16-14-12-10-8-6-4-2/h5-8,11-14,17-20,23-26,29-32,35-38,41-44,48,50,54,56,60,62,66,68,72,74,85,88H,3-4,9-10,15-16,21-22,27-28,33-34,39-40,45-47,49,51-53,55,57-59,61,63-65,67,69-71,73,75-84H2,1-2H3/b7-5-,8-6-,13-11-,14-12-,19-17-,20-18-,25-23-,26-24-,31-29-,32-30-,37-35-,38-36-,43-41-,44-42-,50-48-,56-54-,62-60-,68-66-,74-72-. The van der Waals surface area contributed by atoms with Gasteiger partial charge in [-0.2, -0.15) is 0 Å². The average molecular weight is 1260 g/mol. The molecule has 0 heterocycles. The van der Waals surface area contributed by atoms with Crippen LogP contribution in [-0.4, -0.2) is 36.4 Å². The summed E-state index contributed by atoms with van der Waals surface area (Å²) in [6.07, 6.45) is 129. The van der Waals surface area contributed by atoms with Gasteiger partial charge < -0.3 is 14.6 Å². The molecule has 1 unspecified atom stereocenters. The van der Waals surface area contributed by atoms with Gasteiger partial charge in [0.25, 0.3) is 0 Å². The van der Waals surface area contributed by atoms with E-state index in [1.807, 2.05) is 0 Å². The first-order valence-electron chi connectivity index (χ1n) is 36.9. The summed E-state index contributed by atoms with van der Waals surface area (Å²) < 4.78 is 10.7. The Morgan fingerprint density at radius 2 is 0.435 bits per heavy atom. The van der Waals surface area contributed by atoms with Crippen molar-refractivity contribution in [1.29, 1.82) is 0 Å². The molecule has 1 N–H and O–H groups in total. The summed E-state index contributed by atoms with van der Waals surface area (Å²) in [5.41, 5.74) is 0. The number of esters is 2. The van der Waals surface area contributed by atoms with Crippen LogP contribution in [0.3, 0.4) is 0 Å². The number of carbonyl (C=O) groups excluding carboxylic acids is 2. The van der Waals surface area contributed by atoms with Crippen LogP contribution in [0.5, 0.6) is 0 Å². The number of aliphatic hydroxyl groups is 1. The van der Waals surface area contributed by atoms with Gasteiger partial charge in [-0.25, -0.2) is 0 Å². The van der Waals surface area contributed by atoms with Gasteiger partial charge in [-0.05, 0) is 161 Å². The summed E-state index contributed by atoms with van der Waals surface area (Å²) in [6, 6.07) is 0. The summed E-state index contributed by atoms with van der Waals surface area (Å²) >= 11 is 0. The molecule has 0 aliphatic rings. The molecule has 5 nitrogen and oxygen atoms in total. The zero-order chi connectivity index (χ0) is 66.1. The largest absolute Gasteiger partial charge is 0.462 e. The maximum Gasteiger partial charge on any atom is 0.306 e. The van der Waals surface area contributed by atoms with E-state index in [0.29, 0.717) is 12.8 Å². The van der Waals surface area contributed by atoms with Gasteiger partial charge in [-0.15, -0.1) is 0 Å². The molecule has 0 saturated heterocycles. The third-order valence-electron chi connectivity index (χ3n) is 15.0. The quantitative estimate of drug-likeness (QED) is 0.0373. The van der Waals surface area contributed by atoms with E-state index in [9.17, 15) is 14.7 Å². The minimum Gasteiger partial charge on any atom is -0.462 e. The van der Waals surface area contributed by atoms with Gasteiger partial charge in [-0.3, -0.25) is 9.59 Å². The van der Waals surface area contributed by atoms with Gasteiger partial charge in [0.05, 0.1) is 6.61 Å². The Morgan fingerprint density at radius 3 is 0.674 bits per heavy atom. The molecular formula is C87H134O5. The highest BCUT2D eigenvalue weighted by atomic mass is 16.6. The van der Waals surface area contributed by atoms with Crippen molar-refractivity contribution >= 4 is 11.9 Å². The van der Waals surface area contributed by atoms with Crippen molar-refractivity contribution in [3.05, 3.63) is 231 Å². The van der Waals surface area contributed by atoms with Gasteiger partial charge in [-0.1, -0.05) is 341 Å². The van der Waals surface area contributed by atoms with E-state index in [4.69, 9.17) is 9.47 Å². The van der Waals surface area contributed by atoms with Crippen molar-refractivity contribution in [1.82, 2.24) is 0 Å². The molecule has 92 heavy (non-hydrogen) atoms. The van der Waals surface area contributed by atoms with Gasteiger partial charge in [0.1, 0.15) is 6.61 Å². The van der Waals surface area contributed by atoms with Crippen LogP contribution in [0.25, 0.3) is 0 Å². The van der Waals surface area contributed by atoms with E-state index in [2.05, 4.69) is 245 Å². The van der Waals surface area contributed by atoms with Gasteiger partial charge in [0.2, 0.25) is 0 Å². The Hall–Kier alpha value is -6.04. The Labute approximate surface area is 566 Å². The third kappa shape index (κ3) is 76.4. The minimum atomic E-state index is -0.813. The van der Waals surface area contributed by atoms with Crippen LogP contribution in [0.1, 0.15) is 284 Å². The molecule has 0 aliphatic carbocycles. The first kappa shape index (κ1) is 86.0. The highest BCUT2D eigenvalue weighted by Crippen LogP contribution is 2.16. The number of aliphatic hydroxyl groups excluding tert-OH is 1. The monoisotopic (exact) mass is 1260 g/mol. The Balaban J connectivity index is 3.62. The van der Waals surface area contributed by atoms with Crippen molar-refractivity contribution < 1.29 is 24.2 Å². The molecule has 0 bridgehead atoms. The van der Waals surface area contributed by atoms with Crippen LogP contribution in [0.2, 0.25) is 0 Å². The summed E-state index contributed by atoms with van der Waals surface area (Å²) in [6.45, 7) is 3.87. The predicted molar refractivity (Wildman–Crippen MR) is 407 cm³/mol. The van der Waals surface area contributed by atoms with Crippen molar-refractivity contribution in [2.75, 3.05) is 13.2 Å². The summed E-state index contributed by atoms with van der Waals surface area (Å²) in [5, 5.41) is 9.71. The normalized spacial score (nSPS) is 13.6. The molecule has 0 saturated carbocycles. The number of ether oxygens (including phenoxy) is 2. The second kappa shape index (κ2) is 79.2. The maximum atomic E-state index is 12.4. The van der Waals surface area contributed by atoms with Crippen LogP contribution >= 0.6 is 0 Å². The molecule has 0 amide bonds. The first-order chi connectivity index (χ1) is 45.6. The maximum absolute atomic E-state index is 12.4. The topological polar surface area (TPSA) is 72.8 Å². The van der Waals surface area contributed by atoms with Crippen LogP contribution in [0.4, 0.5) is 0 Å². The van der Waals surface area contributed by atoms with Crippen molar-refractivity contribution in [3.63, 3.8) is 0 Å². The van der Waals surface area contributed by atoms with E-state index < -0.39 is 6.10 Å². The molecule has 0 rings (SSSR count). The Kier molecular flexibility index (Phi) is 74.0. The van der Waals surface area contributed by atoms with E-state index >= 15 is 0 Å².